The lowest BCUT2D eigenvalue weighted by Gasteiger charge is -2.31. The first-order valence-corrected chi connectivity index (χ1v) is 14.9. The van der Waals surface area contributed by atoms with E-state index in [9.17, 15) is 19.5 Å². The quantitative estimate of drug-likeness (QED) is 0.0955. The van der Waals surface area contributed by atoms with Crippen LogP contribution in [-0.4, -0.2) is 65.6 Å². The molecular formula is C30H43Cl2N3O6S. The Bertz CT molecular complexity index is 1090. The summed E-state index contributed by atoms with van der Waals surface area (Å²) >= 11 is 1.34. The lowest BCUT2D eigenvalue weighted by Crippen LogP contribution is -2.49. The molecule has 1 amide bonds. The molecule has 42 heavy (non-hydrogen) atoms. The fourth-order valence-corrected chi connectivity index (χ4v) is 5.72. The fraction of sp³-hybridized carbons (Fsp3) is 0.500. The topological polar surface area (TPSA) is 131 Å². The Morgan fingerprint density at radius 1 is 1.00 bits per heavy atom. The number of nitrogens with one attached hydrogen (secondary N) is 1. The maximum absolute atomic E-state index is 12.6. The van der Waals surface area contributed by atoms with Gasteiger partial charge in [-0.1, -0.05) is 61.7 Å². The van der Waals surface area contributed by atoms with E-state index >= 15 is 0 Å². The Morgan fingerprint density at radius 3 is 2.31 bits per heavy atom. The van der Waals surface area contributed by atoms with Gasteiger partial charge in [-0.2, -0.15) is 0 Å². The lowest BCUT2D eigenvalue weighted by atomic mass is 9.91. The van der Waals surface area contributed by atoms with Crippen LogP contribution in [0.25, 0.3) is 0 Å². The molecule has 2 aromatic rings. The molecule has 4 N–H and O–H groups in total. The van der Waals surface area contributed by atoms with Crippen LogP contribution in [0.1, 0.15) is 51.0 Å². The number of hydrogen-bond donors (Lipinski definition) is 3. The number of nitrogens with zero attached hydrogens (tertiary/aromatic N) is 1. The number of amides is 1. The van der Waals surface area contributed by atoms with Crippen molar-refractivity contribution in [3.8, 4) is 0 Å². The number of ether oxygens (including phenoxy) is 2. The maximum Gasteiger partial charge on any atom is 0.410 e. The highest BCUT2D eigenvalue weighted by molar-refractivity contribution is 7.99. The van der Waals surface area contributed by atoms with Crippen molar-refractivity contribution in [2.45, 2.75) is 69.0 Å². The number of carbonyl (C=O) groups is 3. The van der Waals surface area contributed by atoms with Gasteiger partial charge in [-0.25, -0.2) is 4.79 Å². The van der Waals surface area contributed by atoms with Crippen LogP contribution in [0.3, 0.4) is 0 Å². The summed E-state index contributed by atoms with van der Waals surface area (Å²) in [6.07, 6.45) is 4.72. The van der Waals surface area contributed by atoms with Gasteiger partial charge in [0.1, 0.15) is 18.7 Å². The zero-order valence-corrected chi connectivity index (χ0v) is 26.4. The Labute approximate surface area is 265 Å². The number of nitrogens with two attached hydrogens (primary N) is 1. The number of esters is 1. The van der Waals surface area contributed by atoms with E-state index in [4.69, 9.17) is 15.2 Å². The van der Waals surface area contributed by atoms with Gasteiger partial charge >= 0.3 is 18.0 Å². The highest BCUT2D eigenvalue weighted by Gasteiger charge is 2.28. The molecular weight excluding hydrogens is 601 g/mol. The van der Waals surface area contributed by atoms with Crippen LogP contribution >= 0.6 is 36.6 Å². The standard InChI is InChI=1S/C30H41N3O6S.2ClH/c1-2-38-29(36)25(32-26(28(34)35)21-40-27-15-9-7-13-24(27)31)14-8-6-10-22-16-18-33(19-17-22)30(37)39-20-23-11-4-3-5-12-23;;/h3-5,7,9,11-13,15,22,25-26,32H,2,6,8,10,14,16-21,31H2,1H3,(H,34,35);2*1H/t25-,26?;;/m1../s1. The number of benzene rings is 2. The van der Waals surface area contributed by atoms with E-state index in [1.165, 1.54) is 11.8 Å². The Morgan fingerprint density at radius 2 is 1.67 bits per heavy atom. The van der Waals surface area contributed by atoms with Crippen molar-refractivity contribution in [2.24, 2.45) is 5.92 Å². The van der Waals surface area contributed by atoms with E-state index < -0.39 is 24.0 Å². The number of halogens is 2. The van der Waals surface area contributed by atoms with Crippen LogP contribution in [-0.2, 0) is 25.7 Å². The zero-order chi connectivity index (χ0) is 28.7. The van der Waals surface area contributed by atoms with Crippen LogP contribution in [0.2, 0.25) is 0 Å². The van der Waals surface area contributed by atoms with Gasteiger partial charge in [0.25, 0.3) is 0 Å². The van der Waals surface area contributed by atoms with Crippen molar-refractivity contribution in [3.05, 3.63) is 60.2 Å². The molecule has 1 heterocycles. The van der Waals surface area contributed by atoms with Crippen molar-refractivity contribution in [3.63, 3.8) is 0 Å². The number of carboxylic acid groups (broad SMARTS) is 1. The number of para-hydroxylation sites is 1. The number of anilines is 1. The SMILES string of the molecule is CCOC(=O)[C@@H](CCCCC1CCN(C(=O)OCc2ccccc2)CC1)NC(CSc1ccccc1N)C(=O)O.Cl.Cl. The van der Waals surface area contributed by atoms with Crippen molar-refractivity contribution >= 4 is 60.3 Å². The van der Waals surface area contributed by atoms with Crippen LogP contribution < -0.4 is 11.1 Å². The first kappa shape index (κ1) is 37.4. The molecule has 2 aromatic carbocycles. The molecule has 234 valence electrons. The molecule has 12 heteroatoms. The number of hydrogen-bond acceptors (Lipinski definition) is 8. The van der Waals surface area contributed by atoms with E-state index in [0.717, 1.165) is 42.6 Å². The number of nitrogen functional groups attached to an aromatic ring is 1. The number of likely N-dealkylation sites (tertiary alicyclic amines) is 1. The van der Waals surface area contributed by atoms with Gasteiger partial charge in [-0.15, -0.1) is 36.6 Å². The molecule has 3 rings (SSSR count). The molecule has 1 unspecified atom stereocenters. The predicted octanol–water partition coefficient (Wildman–Crippen LogP) is 5.79. The summed E-state index contributed by atoms with van der Waals surface area (Å²) < 4.78 is 10.7. The highest BCUT2D eigenvalue weighted by atomic mass is 35.5. The third kappa shape index (κ3) is 12.7. The predicted molar refractivity (Wildman–Crippen MR) is 170 cm³/mol. The Kier molecular flexibility index (Phi) is 18.0. The van der Waals surface area contributed by atoms with Crippen LogP contribution in [0.4, 0.5) is 10.5 Å². The smallest absolute Gasteiger partial charge is 0.410 e. The maximum atomic E-state index is 12.6. The van der Waals surface area contributed by atoms with Gasteiger partial charge in [0, 0.05) is 29.4 Å². The molecule has 1 fully saturated rings. The minimum absolute atomic E-state index is 0. The van der Waals surface area contributed by atoms with Crippen LogP contribution in [0, 0.1) is 5.92 Å². The largest absolute Gasteiger partial charge is 0.480 e. The van der Waals surface area contributed by atoms with Crippen molar-refractivity contribution in [1.29, 1.82) is 0 Å². The molecule has 0 bridgehead atoms. The summed E-state index contributed by atoms with van der Waals surface area (Å²) in [4.78, 5) is 39.6. The molecule has 0 radical (unpaired) electrons. The highest BCUT2D eigenvalue weighted by Crippen LogP contribution is 2.26. The van der Waals surface area contributed by atoms with Crippen molar-refractivity contribution in [1.82, 2.24) is 10.2 Å². The zero-order valence-electron chi connectivity index (χ0n) is 23.9. The summed E-state index contributed by atoms with van der Waals surface area (Å²) in [6, 6.07) is 15.3. The number of carbonyl (C=O) groups excluding carboxylic acids is 2. The summed E-state index contributed by atoms with van der Waals surface area (Å²) in [5, 5.41) is 12.8. The molecule has 2 atom stereocenters. The molecule has 1 aliphatic rings. The summed E-state index contributed by atoms with van der Waals surface area (Å²) in [6.45, 7) is 3.60. The minimum Gasteiger partial charge on any atom is -0.480 e. The molecule has 0 aromatic heterocycles. The third-order valence-corrected chi connectivity index (χ3v) is 8.21. The second-order valence-corrected chi connectivity index (χ2v) is 11.0. The Hall–Kier alpha value is -2.66. The molecule has 0 aliphatic carbocycles. The van der Waals surface area contributed by atoms with E-state index in [-0.39, 0.29) is 49.9 Å². The number of carboxylic acids is 1. The number of unbranched alkanes of at least 4 members (excludes halogenated alkanes) is 1. The summed E-state index contributed by atoms with van der Waals surface area (Å²) in [7, 11) is 0. The third-order valence-electron chi connectivity index (χ3n) is 7.03. The average molecular weight is 645 g/mol. The van der Waals surface area contributed by atoms with Gasteiger partial charge in [0.2, 0.25) is 0 Å². The van der Waals surface area contributed by atoms with Gasteiger partial charge in [0.05, 0.1) is 6.61 Å². The second kappa shape index (κ2) is 20.3. The minimum atomic E-state index is -1.02. The molecule has 9 nitrogen and oxygen atoms in total. The van der Waals surface area contributed by atoms with E-state index in [0.29, 0.717) is 31.1 Å². The number of piperidine rings is 1. The first-order chi connectivity index (χ1) is 19.4. The van der Waals surface area contributed by atoms with E-state index in [2.05, 4.69) is 5.32 Å². The van der Waals surface area contributed by atoms with Crippen molar-refractivity contribution in [2.75, 3.05) is 31.2 Å². The van der Waals surface area contributed by atoms with Crippen LogP contribution in [0.15, 0.2) is 59.5 Å². The second-order valence-electron chi connectivity index (χ2n) is 9.97. The lowest BCUT2D eigenvalue weighted by molar-refractivity contribution is -0.147. The monoisotopic (exact) mass is 643 g/mol. The average Bonchev–Trinajstić information content (AvgIpc) is 2.96. The van der Waals surface area contributed by atoms with Gasteiger partial charge in [-0.3, -0.25) is 14.9 Å². The summed E-state index contributed by atoms with van der Waals surface area (Å²) in [5.41, 5.74) is 7.54. The van der Waals surface area contributed by atoms with Crippen LogP contribution in [0.5, 0.6) is 0 Å². The first-order valence-electron chi connectivity index (χ1n) is 14.0. The normalized spacial score (nSPS) is 14.5. The van der Waals surface area contributed by atoms with Crippen molar-refractivity contribution < 1.29 is 29.0 Å². The fourth-order valence-electron chi connectivity index (χ4n) is 4.73. The molecule has 1 aliphatic heterocycles. The molecule has 0 spiro atoms. The number of aliphatic carboxylic acids is 1. The number of thioether (sulfide) groups is 1. The molecule has 0 saturated carbocycles. The molecule has 1 saturated heterocycles. The Balaban J connectivity index is 0.00000441. The van der Waals surface area contributed by atoms with E-state index in [1.807, 2.05) is 48.5 Å². The summed E-state index contributed by atoms with van der Waals surface area (Å²) in [5.74, 6) is -0.719. The number of rotatable bonds is 15. The van der Waals surface area contributed by atoms with Gasteiger partial charge < -0.3 is 25.2 Å². The van der Waals surface area contributed by atoms with Gasteiger partial charge in [-0.05, 0) is 49.8 Å². The van der Waals surface area contributed by atoms with Gasteiger partial charge in [0.15, 0.2) is 0 Å². The van der Waals surface area contributed by atoms with E-state index in [1.54, 1.807) is 17.9 Å².